The number of methoxy groups -OCH3 is 1. The third kappa shape index (κ3) is 4.12. The lowest BCUT2D eigenvalue weighted by Gasteiger charge is -2.44. The SMILES string of the molecule is COc1c([C@H]2C[C@@](C)(C(F)(F)F)CC[C@@H]2c2cc(=O)c3c(C(N)=O)nccc3[nH]2)ccc(F)c1F. The quantitative estimate of drug-likeness (QED) is 0.502. The summed E-state index contributed by atoms with van der Waals surface area (Å²) < 4.78 is 75.4. The van der Waals surface area contributed by atoms with E-state index in [9.17, 15) is 31.5 Å². The van der Waals surface area contributed by atoms with Gasteiger partial charge < -0.3 is 15.5 Å². The number of nitrogens with zero attached hydrogens (tertiary/aromatic N) is 1. The van der Waals surface area contributed by atoms with Crippen molar-refractivity contribution >= 4 is 16.8 Å². The van der Waals surface area contributed by atoms with Gasteiger partial charge in [-0.2, -0.15) is 17.6 Å². The molecule has 1 fully saturated rings. The van der Waals surface area contributed by atoms with Crippen LogP contribution >= 0.6 is 0 Å². The minimum Gasteiger partial charge on any atom is -0.493 e. The third-order valence-corrected chi connectivity index (χ3v) is 6.93. The fourth-order valence-corrected chi connectivity index (χ4v) is 5.01. The fourth-order valence-electron chi connectivity index (χ4n) is 5.01. The molecule has 3 N–H and O–H groups in total. The number of fused-ring (bicyclic) bond motifs is 1. The second-order valence-electron chi connectivity index (χ2n) is 9.03. The number of aromatic nitrogens is 2. The second kappa shape index (κ2) is 8.62. The van der Waals surface area contributed by atoms with E-state index in [1.54, 1.807) is 0 Å². The number of amides is 1. The monoisotopic (exact) mass is 495 g/mol. The number of pyridine rings is 2. The molecule has 2 aromatic heterocycles. The van der Waals surface area contributed by atoms with Gasteiger partial charge in [0.15, 0.2) is 17.0 Å². The van der Waals surface area contributed by atoms with Gasteiger partial charge in [-0.3, -0.25) is 14.6 Å². The summed E-state index contributed by atoms with van der Waals surface area (Å²) >= 11 is 0. The van der Waals surface area contributed by atoms with Gasteiger partial charge in [0.25, 0.3) is 5.91 Å². The van der Waals surface area contributed by atoms with Crippen molar-refractivity contribution in [1.29, 1.82) is 0 Å². The number of nitrogens with one attached hydrogen (secondary N) is 1. The standard InChI is InChI=1S/C24H22F5N3O3/c1-23(24(27,28)29)7-5-11(13(10-23)12-3-4-14(25)19(26)21(12)35-2)16-9-17(33)18-15(32-16)6-8-31-20(18)22(30)34/h3-4,6,8-9,11,13H,5,7,10H2,1-2H3,(H2,30,34)(H,32,33)/t11-,13-,23-/m0/s1. The summed E-state index contributed by atoms with van der Waals surface area (Å²) in [4.78, 5) is 31.5. The summed E-state index contributed by atoms with van der Waals surface area (Å²) in [5.74, 6) is -5.53. The van der Waals surface area contributed by atoms with E-state index in [-0.39, 0.29) is 35.0 Å². The molecule has 11 heteroatoms. The van der Waals surface area contributed by atoms with Crippen LogP contribution in [0.1, 0.15) is 59.8 Å². The maximum absolute atomic E-state index is 14.5. The summed E-state index contributed by atoms with van der Waals surface area (Å²) in [5.41, 5.74) is 3.00. The zero-order valence-electron chi connectivity index (χ0n) is 18.8. The molecule has 35 heavy (non-hydrogen) atoms. The number of hydrogen-bond acceptors (Lipinski definition) is 4. The van der Waals surface area contributed by atoms with E-state index in [2.05, 4.69) is 9.97 Å². The summed E-state index contributed by atoms with van der Waals surface area (Å²) in [6.07, 6.45) is -3.95. The average molecular weight is 495 g/mol. The van der Waals surface area contributed by atoms with Crippen molar-refractivity contribution in [3.8, 4) is 5.75 Å². The summed E-state index contributed by atoms with van der Waals surface area (Å²) in [6, 6.07) is 4.70. The molecular formula is C24H22F5N3O3. The number of benzene rings is 1. The highest BCUT2D eigenvalue weighted by molar-refractivity contribution is 6.03. The number of rotatable bonds is 4. The maximum Gasteiger partial charge on any atom is 0.394 e. The zero-order valence-corrected chi connectivity index (χ0v) is 18.8. The van der Waals surface area contributed by atoms with Crippen LogP contribution in [0.2, 0.25) is 0 Å². The molecule has 6 nitrogen and oxygen atoms in total. The van der Waals surface area contributed by atoms with Gasteiger partial charge in [-0.1, -0.05) is 13.0 Å². The molecule has 0 spiro atoms. The van der Waals surface area contributed by atoms with Crippen LogP contribution in [-0.2, 0) is 0 Å². The van der Waals surface area contributed by atoms with E-state index in [1.165, 1.54) is 24.4 Å². The molecule has 1 aromatic carbocycles. The number of ether oxygens (including phenoxy) is 1. The van der Waals surface area contributed by atoms with E-state index < -0.39 is 58.6 Å². The lowest BCUT2D eigenvalue weighted by molar-refractivity contribution is -0.230. The highest BCUT2D eigenvalue weighted by Gasteiger charge is 2.55. The summed E-state index contributed by atoms with van der Waals surface area (Å²) in [7, 11) is 1.11. The molecule has 1 aliphatic carbocycles. The highest BCUT2D eigenvalue weighted by Crippen LogP contribution is 2.58. The first-order valence-corrected chi connectivity index (χ1v) is 10.8. The molecule has 0 unspecified atom stereocenters. The summed E-state index contributed by atoms with van der Waals surface area (Å²) in [5, 5.41) is -0.0401. The van der Waals surface area contributed by atoms with Crippen LogP contribution in [-0.4, -0.2) is 29.2 Å². The fraction of sp³-hybridized carbons (Fsp3) is 0.375. The van der Waals surface area contributed by atoms with Gasteiger partial charge in [-0.25, -0.2) is 4.39 Å². The molecule has 3 aromatic rings. The minimum atomic E-state index is -4.54. The Labute approximate surface area is 196 Å². The molecule has 1 amide bonds. The van der Waals surface area contributed by atoms with E-state index in [4.69, 9.17) is 10.5 Å². The van der Waals surface area contributed by atoms with Crippen molar-refractivity contribution in [2.75, 3.05) is 7.11 Å². The molecule has 3 atom stereocenters. The van der Waals surface area contributed by atoms with Gasteiger partial charge in [0.05, 0.1) is 23.4 Å². The molecule has 0 radical (unpaired) electrons. The number of nitrogens with two attached hydrogens (primary N) is 1. The Bertz CT molecular complexity index is 1370. The first-order chi connectivity index (χ1) is 16.4. The Morgan fingerprint density at radius 3 is 2.57 bits per heavy atom. The van der Waals surface area contributed by atoms with E-state index in [0.29, 0.717) is 5.69 Å². The lowest BCUT2D eigenvalue weighted by atomic mass is 9.63. The predicted molar refractivity (Wildman–Crippen MR) is 117 cm³/mol. The largest absolute Gasteiger partial charge is 0.493 e. The number of hydrogen-bond donors (Lipinski definition) is 2. The molecule has 1 aliphatic rings. The summed E-state index contributed by atoms with van der Waals surface area (Å²) in [6.45, 7) is 1.09. The van der Waals surface area contributed by atoms with Crippen LogP contribution in [0.15, 0.2) is 35.3 Å². The predicted octanol–water partition coefficient (Wildman–Crippen LogP) is 4.93. The highest BCUT2D eigenvalue weighted by atomic mass is 19.4. The first kappa shape index (κ1) is 24.6. The Hall–Kier alpha value is -3.50. The number of H-pyrrole nitrogens is 1. The van der Waals surface area contributed by atoms with Crippen molar-refractivity contribution in [2.45, 2.75) is 44.2 Å². The Morgan fingerprint density at radius 1 is 1.23 bits per heavy atom. The normalized spacial score (nSPS) is 22.8. The van der Waals surface area contributed by atoms with Gasteiger partial charge in [-0.15, -0.1) is 0 Å². The van der Waals surface area contributed by atoms with Crippen LogP contribution in [0.5, 0.6) is 5.75 Å². The van der Waals surface area contributed by atoms with Gasteiger partial charge >= 0.3 is 6.18 Å². The van der Waals surface area contributed by atoms with E-state index >= 15 is 0 Å². The number of aromatic amines is 1. The molecule has 0 saturated heterocycles. The minimum absolute atomic E-state index is 0.00195. The van der Waals surface area contributed by atoms with Crippen LogP contribution in [0.3, 0.4) is 0 Å². The van der Waals surface area contributed by atoms with Gasteiger partial charge in [0.2, 0.25) is 5.82 Å². The molecule has 0 bridgehead atoms. The van der Waals surface area contributed by atoms with Crippen molar-refractivity contribution < 1.29 is 31.5 Å². The molecule has 0 aliphatic heterocycles. The van der Waals surface area contributed by atoms with Gasteiger partial charge in [0.1, 0.15) is 5.69 Å². The van der Waals surface area contributed by atoms with Crippen LogP contribution in [0, 0.1) is 17.0 Å². The number of primary amides is 1. The second-order valence-corrected chi connectivity index (χ2v) is 9.03. The third-order valence-electron chi connectivity index (χ3n) is 6.93. The number of carbonyl (C=O) groups is 1. The van der Waals surface area contributed by atoms with Crippen molar-refractivity contribution in [3.05, 3.63) is 69.3 Å². The topological polar surface area (TPSA) is 98.1 Å². The Kier molecular flexibility index (Phi) is 6.06. The first-order valence-electron chi connectivity index (χ1n) is 10.8. The number of alkyl halides is 3. The molecular weight excluding hydrogens is 473 g/mol. The van der Waals surface area contributed by atoms with Crippen LogP contribution in [0.25, 0.3) is 10.9 Å². The number of halogens is 5. The van der Waals surface area contributed by atoms with Crippen LogP contribution in [0.4, 0.5) is 22.0 Å². The molecule has 4 rings (SSSR count). The van der Waals surface area contributed by atoms with Crippen LogP contribution < -0.4 is 15.9 Å². The Balaban J connectivity index is 1.91. The number of carbonyl (C=O) groups excluding carboxylic acids is 1. The van der Waals surface area contributed by atoms with Crippen molar-refractivity contribution in [3.63, 3.8) is 0 Å². The van der Waals surface area contributed by atoms with Crippen molar-refractivity contribution in [2.24, 2.45) is 11.1 Å². The lowest BCUT2D eigenvalue weighted by Crippen LogP contribution is -2.41. The molecule has 2 heterocycles. The van der Waals surface area contributed by atoms with E-state index in [1.807, 2.05) is 0 Å². The molecule has 1 saturated carbocycles. The maximum atomic E-state index is 14.5. The average Bonchev–Trinajstić information content (AvgIpc) is 2.79. The van der Waals surface area contributed by atoms with E-state index in [0.717, 1.165) is 20.1 Å². The molecule has 186 valence electrons. The van der Waals surface area contributed by atoms with Crippen molar-refractivity contribution in [1.82, 2.24) is 9.97 Å². The smallest absolute Gasteiger partial charge is 0.394 e. The van der Waals surface area contributed by atoms with Gasteiger partial charge in [0, 0.05) is 29.4 Å². The van der Waals surface area contributed by atoms with Gasteiger partial charge in [-0.05, 0) is 37.3 Å². The zero-order chi connectivity index (χ0) is 25.7. The Morgan fingerprint density at radius 2 is 1.94 bits per heavy atom.